The smallest absolute Gasteiger partial charge is 0.141 e. The summed E-state index contributed by atoms with van der Waals surface area (Å²) in [6, 6.07) is 11.9. The number of halogens is 1. The number of nitrogens with one attached hydrogen (secondary N) is 1. The van der Waals surface area contributed by atoms with E-state index in [0.29, 0.717) is 0 Å². The van der Waals surface area contributed by atoms with Crippen LogP contribution in [-0.4, -0.2) is 4.98 Å². The summed E-state index contributed by atoms with van der Waals surface area (Å²) in [7, 11) is 0. The number of hydrogen-bond donors (Lipinski definition) is 1. The van der Waals surface area contributed by atoms with E-state index in [1.54, 1.807) is 6.07 Å². The van der Waals surface area contributed by atoms with Gasteiger partial charge in [-0.25, -0.2) is 4.39 Å². The van der Waals surface area contributed by atoms with Crippen molar-refractivity contribution in [3.63, 3.8) is 0 Å². The molecule has 100 valence electrons. The van der Waals surface area contributed by atoms with Gasteiger partial charge in [-0.3, -0.25) is 4.98 Å². The SMILES string of the molecule is Cc1ccc([C@@H](C)NC(C)c2ccc(F)cn2)cc1. The molecule has 2 atom stereocenters. The second kappa shape index (κ2) is 5.93. The lowest BCUT2D eigenvalue weighted by atomic mass is 10.1. The van der Waals surface area contributed by atoms with Gasteiger partial charge in [0.25, 0.3) is 0 Å². The molecule has 2 aromatic rings. The molecule has 0 aliphatic carbocycles. The molecule has 2 rings (SSSR count). The van der Waals surface area contributed by atoms with Crippen LogP contribution in [0, 0.1) is 12.7 Å². The van der Waals surface area contributed by atoms with Crippen molar-refractivity contribution in [2.24, 2.45) is 0 Å². The molecule has 1 unspecified atom stereocenters. The lowest BCUT2D eigenvalue weighted by molar-refractivity contribution is 0.484. The van der Waals surface area contributed by atoms with Crippen LogP contribution in [0.5, 0.6) is 0 Å². The third-order valence-corrected chi connectivity index (χ3v) is 3.27. The first kappa shape index (κ1) is 13.7. The number of aryl methyl sites for hydroxylation is 1. The number of benzene rings is 1. The van der Waals surface area contributed by atoms with Crippen LogP contribution in [0.1, 0.15) is 42.8 Å². The van der Waals surface area contributed by atoms with E-state index in [1.807, 2.05) is 6.92 Å². The summed E-state index contributed by atoms with van der Waals surface area (Å²) in [6.07, 6.45) is 1.25. The summed E-state index contributed by atoms with van der Waals surface area (Å²) in [4.78, 5) is 4.10. The Hall–Kier alpha value is -1.74. The Labute approximate surface area is 113 Å². The monoisotopic (exact) mass is 258 g/mol. The molecule has 0 aliphatic heterocycles. The van der Waals surface area contributed by atoms with Crippen LogP contribution in [-0.2, 0) is 0 Å². The topological polar surface area (TPSA) is 24.9 Å². The minimum atomic E-state index is -0.303. The zero-order valence-electron chi connectivity index (χ0n) is 11.5. The van der Waals surface area contributed by atoms with Crippen molar-refractivity contribution < 1.29 is 4.39 Å². The standard InChI is InChI=1S/C16H19FN2/c1-11-4-6-14(7-5-11)12(2)19-13(3)16-9-8-15(17)10-18-16/h4-10,12-13,19H,1-3H3/t12-,13?/m1/s1. The first-order valence-electron chi connectivity index (χ1n) is 6.50. The maximum Gasteiger partial charge on any atom is 0.141 e. The molecule has 3 heteroatoms. The van der Waals surface area contributed by atoms with Crippen molar-refractivity contribution in [1.29, 1.82) is 0 Å². The highest BCUT2D eigenvalue weighted by Gasteiger charge is 2.12. The van der Waals surface area contributed by atoms with E-state index < -0.39 is 0 Å². The fourth-order valence-electron chi connectivity index (χ4n) is 2.06. The zero-order valence-corrected chi connectivity index (χ0v) is 11.5. The van der Waals surface area contributed by atoms with Crippen molar-refractivity contribution in [3.05, 3.63) is 65.2 Å². The lowest BCUT2D eigenvalue weighted by Crippen LogP contribution is -2.23. The molecule has 19 heavy (non-hydrogen) atoms. The van der Waals surface area contributed by atoms with Crippen LogP contribution in [0.2, 0.25) is 0 Å². The van der Waals surface area contributed by atoms with Gasteiger partial charge in [0.2, 0.25) is 0 Å². The predicted octanol–water partition coefficient (Wildman–Crippen LogP) is 3.94. The van der Waals surface area contributed by atoms with Crippen LogP contribution < -0.4 is 5.32 Å². The normalized spacial score (nSPS) is 14.1. The number of rotatable bonds is 4. The molecule has 1 N–H and O–H groups in total. The zero-order chi connectivity index (χ0) is 13.8. The van der Waals surface area contributed by atoms with Gasteiger partial charge < -0.3 is 5.32 Å². The summed E-state index contributed by atoms with van der Waals surface area (Å²) >= 11 is 0. The van der Waals surface area contributed by atoms with Gasteiger partial charge in [0.1, 0.15) is 5.82 Å². The van der Waals surface area contributed by atoms with E-state index in [-0.39, 0.29) is 17.9 Å². The van der Waals surface area contributed by atoms with Crippen molar-refractivity contribution in [3.8, 4) is 0 Å². The van der Waals surface area contributed by atoms with Gasteiger partial charge in [-0.2, -0.15) is 0 Å². The van der Waals surface area contributed by atoms with E-state index in [4.69, 9.17) is 0 Å². The Morgan fingerprint density at radius 2 is 1.68 bits per heavy atom. The average Bonchev–Trinajstić information content (AvgIpc) is 2.40. The van der Waals surface area contributed by atoms with Crippen molar-refractivity contribution >= 4 is 0 Å². The highest BCUT2D eigenvalue weighted by atomic mass is 19.1. The van der Waals surface area contributed by atoms with Crippen molar-refractivity contribution in [2.75, 3.05) is 0 Å². The molecule has 0 fully saturated rings. The number of hydrogen-bond acceptors (Lipinski definition) is 2. The quantitative estimate of drug-likeness (QED) is 0.898. The van der Waals surface area contributed by atoms with E-state index >= 15 is 0 Å². The van der Waals surface area contributed by atoms with Gasteiger partial charge in [-0.1, -0.05) is 29.8 Å². The summed E-state index contributed by atoms with van der Waals surface area (Å²) in [5.41, 5.74) is 3.34. The Kier molecular flexibility index (Phi) is 4.27. The van der Waals surface area contributed by atoms with Gasteiger partial charge in [-0.05, 0) is 38.5 Å². The summed E-state index contributed by atoms with van der Waals surface area (Å²) in [6.45, 7) is 6.22. The molecule has 0 saturated heterocycles. The van der Waals surface area contributed by atoms with E-state index in [2.05, 4.69) is 48.4 Å². The molecular weight excluding hydrogens is 239 g/mol. The van der Waals surface area contributed by atoms with Crippen LogP contribution >= 0.6 is 0 Å². The highest BCUT2D eigenvalue weighted by Crippen LogP contribution is 2.18. The molecule has 0 amide bonds. The molecule has 1 aromatic heterocycles. The van der Waals surface area contributed by atoms with Gasteiger partial charge in [-0.15, -0.1) is 0 Å². The molecule has 0 aliphatic rings. The van der Waals surface area contributed by atoms with Crippen LogP contribution in [0.3, 0.4) is 0 Å². The Morgan fingerprint density at radius 1 is 1.00 bits per heavy atom. The maximum absolute atomic E-state index is 12.8. The third kappa shape index (κ3) is 3.61. The second-order valence-corrected chi connectivity index (χ2v) is 4.92. The predicted molar refractivity (Wildman–Crippen MR) is 75.3 cm³/mol. The van der Waals surface area contributed by atoms with E-state index in [9.17, 15) is 4.39 Å². The Morgan fingerprint density at radius 3 is 2.26 bits per heavy atom. The molecule has 0 saturated carbocycles. The van der Waals surface area contributed by atoms with E-state index in [1.165, 1.54) is 23.4 Å². The molecular formula is C16H19FN2. The third-order valence-electron chi connectivity index (χ3n) is 3.27. The first-order chi connectivity index (χ1) is 9.06. The minimum absolute atomic E-state index is 0.0805. The maximum atomic E-state index is 12.8. The molecule has 0 spiro atoms. The highest BCUT2D eigenvalue weighted by molar-refractivity contribution is 5.24. The van der Waals surface area contributed by atoms with Crippen molar-refractivity contribution in [2.45, 2.75) is 32.9 Å². The Bertz CT molecular complexity index is 470. The average molecular weight is 258 g/mol. The lowest BCUT2D eigenvalue weighted by Gasteiger charge is -2.20. The van der Waals surface area contributed by atoms with Crippen LogP contribution in [0.15, 0.2) is 42.6 Å². The summed E-state index contributed by atoms with van der Waals surface area (Å²) in [5, 5.41) is 3.47. The van der Waals surface area contributed by atoms with E-state index in [0.717, 1.165) is 5.69 Å². The summed E-state index contributed by atoms with van der Waals surface area (Å²) < 4.78 is 12.8. The molecule has 0 radical (unpaired) electrons. The van der Waals surface area contributed by atoms with Gasteiger partial charge in [0.15, 0.2) is 0 Å². The van der Waals surface area contributed by atoms with Crippen LogP contribution in [0.4, 0.5) is 4.39 Å². The molecule has 0 bridgehead atoms. The molecule has 1 aromatic carbocycles. The Balaban J connectivity index is 2.03. The fraction of sp³-hybridized carbons (Fsp3) is 0.312. The summed E-state index contributed by atoms with van der Waals surface area (Å²) in [5.74, 6) is -0.303. The van der Waals surface area contributed by atoms with Crippen molar-refractivity contribution in [1.82, 2.24) is 10.3 Å². The first-order valence-corrected chi connectivity index (χ1v) is 6.50. The van der Waals surface area contributed by atoms with Gasteiger partial charge in [0, 0.05) is 12.1 Å². The molecule has 1 heterocycles. The number of pyridine rings is 1. The number of nitrogens with zero attached hydrogens (tertiary/aromatic N) is 1. The van der Waals surface area contributed by atoms with Gasteiger partial charge >= 0.3 is 0 Å². The molecule has 2 nitrogen and oxygen atoms in total. The second-order valence-electron chi connectivity index (χ2n) is 4.92. The largest absolute Gasteiger partial charge is 0.302 e. The minimum Gasteiger partial charge on any atom is -0.302 e. The van der Waals surface area contributed by atoms with Crippen LogP contribution in [0.25, 0.3) is 0 Å². The fourth-order valence-corrected chi connectivity index (χ4v) is 2.06. The van der Waals surface area contributed by atoms with Gasteiger partial charge in [0.05, 0.1) is 11.9 Å². The number of aromatic nitrogens is 1.